The van der Waals surface area contributed by atoms with Crippen LogP contribution >= 0.6 is 0 Å². The predicted octanol–water partition coefficient (Wildman–Crippen LogP) is 3.21. The maximum absolute atomic E-state index is 14.0. The number of hydrogen-bond donors (Lipinski definition) is 1. The SMILES string of the molecule is CNc1c2c(nc3c(C)ccc(F)c13)CCC2. The van der Waals surface area contributed by atoms with E-state index in [1.807, 2.05) is 14.0 Å². The molecule has 3 rings (SSSR count). The van der Waals surface area contributed by atoms with E-state index in [0.29, 0.717) is 5.39 Å². The van der Waals surface area contributed by atoms with E-state index in [-0.39, 0.29) is 5.82 Å². The van der Waals surface area contributed by atoms with Crippen molar-refractivity contribution in [3.8, 4) is 0 Å². The molecule has 0 spiro atoms. The predicted molar refractivity (Wildman–Crippen MR) is 68.0 cm³/mol. The zero-order valence-electron chi connectivity index (χ0n) is 10.1. The first-order valence-electron chi connectivity index (χ1n) is 6.00. The van der Waals surface area contributed by atoms with Gasteiger partial charge in [0.1, 0.15) is 5.82 Å². The Labute approximate surface area is 99.9 Å². The monoisotopic (exact) mass is 230 g/mol. The molecule has 1 aliphatic carbocycles. The lowest BCUT2D eigenvalue weighted by Crippen LogP contribution is -2.01. The molecule has 0 saturated heterocycles. The van der Waals surface area contributed by atoms with Crippen LogP contribution in [0.2, 0.25) is 0 Å². The van der Waals surface area contributed by atoms with Crippen molar-refractivity contribution in [2.75, 3.05) is 12.4 Å². The molecular weight excluding hydrogens is 215 g/mol. The molecule has 0 amide bonds. The van der Waals surface area contributed by atoms with Gasteiger partial charge in [-0.25, -0.2) is 4.39 Å². The first-order valence-corrected chi connectivity index (χ1v) is 6.00. The number of nitrogens with one attached hydrogen (secondary N) is 1. The number of fused-ring (bicyclic) bond motifs is 2. The minimum absolute atomic E-state index is 0.183. The van der Waals surface area contributed by atoms with E-state index < -0.39 is 0 Å². The molecule has 1 aromatic carbocycles. The van der Waals surface area contributed by atoms with E-state index in [4.69, 9.17) is 0 Å². The number of pyridine rings is 1. The summed E-state index contributed by atoms with van der Waals surface area (Å²) in [4.78, 5) is 4.64. The highest BCUT2D eigenvalue weighted by Gasteiger charge is 2.21. The Morgan fingerprint density at radius 1 is 1.29 bits per heavy atom. The van der Waals surface area contributed by atoms with Gasteiger partial charge in [-0.3, -0.25) is 4.98 Å². The quantitative estimate of drug-likeness (QED) is 0.813. The minimum Gasteiger partial charge on any atom is -0.387 e. The molecule has 0 aliphatic heterocycles. The minimum atomic E-state index is -0.183. The van der Waals surface area contributed by atoms with Gasteiger partial charge in [0, 0.05) is 12.7 Å². The number of nitrogens with zero attached hydrogens (tertiary/aromatic N) is 1. The molecule has 88 valence electrons. The lowest BCUT2D eigenvalue weighted by atomic mass is 10.0. The maximum atomic E-state index is 14.0. The summed E-state index contributed by atoms with van der Waals surface area (Å²) in [6.45, 7) is 1.98. The smallest absolute Gasteiger partial charge is 0.134 e. The molecule has 0 unspecified atom stereocenters. The van der Waals surface area contributed by atoms with Gasteiger partial charge in [0.05, 0.1) is 16.6 Å². The van der Waals surface area contributed by atoms with Crippen molar-refractivity contribution in [3.63, 3.8) is 0 Å². The van der Waals surface area contributed by atoms with Gasteiger partial charge < -0.3 is 5.32 Å². The van der Waals surface area contributed by atoms with Crippen LogP contribution in [0.15, 0.2) is 12.1 Å². The fourth-order valence-electron chi connectivity index (χ4n) is 2.73. The number of benzene rings is 1. The summed E-state index contributed by atoms with van der Waals surface area (Å²) in [5.41, 5.74) is 5.10. The van der Waals surface area contributed by atoms with Crippen molar-refractivity contribution in [2.45, 2.75) is 26.2 Å². The van der Waals surface area contributed by atoms with E-state index in [1.54, 1.807) is 6.07 Å². The van der Waals surface area contributed by atoms with Gasteiger partial charge in [-0.1, -0.05) is 6.07 Å². The Morgan fingerprint density at radius 3 is 2.88 bits per heavy atom. The summed E-state index contributed by atoms with van der Waals surface area (Å²) < 4.78 is 14.0. The summed E-state index contributed by atoms with van der Waals surface area (Å²) in [6, 6.07) is 3.33. The Hall–Kier alpha value is -1.64. The van der Waals surface area contributed by atoms with Crippen LogP contribution in [0.1, 0.15) is 23.2 Å². The van der Waals surface area contributed by atoms with E-state index in [2.05, 4.69) is 10.3 Å². The van der Waals surface area contributed by atoms with Gasteiger partial charge in [0.25, 0.3) is 0 Å². The van der Waals surface area contributed by atoms with Crippen LogP contribution in [0.5, 0.6) is 0 Å². The third-order valence-electron chi connectivity index (χ3n) is 3.57. The van der Waals surface area contributed by atoms with E-state index in [9.17, 15) is 4.39 Å². The lowest BCUT2D eigenvalue weighted by Gasteiger charge is -2.13. The van der Waals surface area contributed by atoms with Crippen LogP contribution in [0.4, 0.5) is 10.1 Å². The highest BCUT2D eigenvalue weighted by atomic mass is 19.1. The summed E-state index contributed by atoms with van der Waals surface area (Å²) in [5.74, 6) is -0.183. The Bertz CT molecular complexity index is 605. The molecule has 0 radical (unpaired) electrons. The van der Waals surface area contributed by atoms with Gasteiger partial charge in [0.15, 0.2) is 0 Å². The molecule has 0 saturated carbocycles. The molecule has 0 fully saturated rings. The summed E-state index contributed by atoms with van der Waals surface area (Å²) in [6.07, 6.45) is 3.13. The zero-order valence-corrected chi connectivity index (χ0v) is 10.1. The molecular formula is C14H15FN2. The van der Waals surface area contributed by atoms with Crippen molar-refractivity contribution in [3.05, 3.63) is 34.8 Å². The van der Waals surface area contributed by atoms with Crippen LogP contribution in [0.25, 0.3) is 10.9 Å². The molecule has 2 aromatic rings. The fourth-order valence-corrected chi connectivity index (χ4v) is 2.73. The third-order valence-corrected chi connectivity index (χ3v) is 3.57. The zero-order chi connectivity index (χ0) is 12.0. The summed E-state index contributed by atoms with van der Waals surface area (Å²) in [5, 5.41) is 3.80. The highest BCUT2D eigenvalue weighted by Crippen LogP contribution is 2.36. The van der Waals surface area contributed by atoms with Crippen LogP contribution < -0.4 is 5.32 Å². The molecule has 2 nitrogen and oxygen atoms in total. The number of halogens is 1. The second kappa shape index (κ2) is 3.69. The van der Waals surface area contributed by atoms with E-state index in [1.165, 1.54) is 11.6 Å². The molecule has 1 aliphatic rings. The molecule has 1 N–H and O–H groups in total. The molecule has 1 aromatic heterocycles. The first-order chi connectivity index (χ1) is 8.22. The van der Waals surface area contributed by atoms with Crippen molar-refractivity contribution in [1.82, 2.24) is 4.98 Å². The van der Waals surface area contributed by atoms with Gasteiger partial charge in [-0.05, 0) is 43.4 Å². The largest absolute Gasteiger partial charge is 0.387 e. The lowest BCUT2D eigenvalue weighted by molar-refractivity contribution is 0.639. The van der Waals surface area contributed by atoms with Crippen molar-refractivity contribution in [1.29, 1.82) is 0 Å². The topological polar surface area (TPSA) is 24.9 Å². The van der Waals surface area contributed by atoms with Crippen molar-refractivity contribution < 1.29 is 4.39 Å². The average molecular weight is 230 g/mol. The number of aryl methyl sites for hydroxylation is 2. The second-order valence-corrected chi connectivity index (χ2v) is 4.60. The van der Waals surface area contributed by atoms with E-state index in [0.717, 1.165) is 41.7 Å². The van der Waals surface area contributed by atoms with Crippen molar-refractivity contribution >= 4 is 16.6 Å². The number of anilines is 1. The fraction of sp³-hybridized carbons (Fsp3) is 0.357. The molecule has 0 atom stereocenters. The maximum Gasteiger partial charge on any atom is 0.134 e. The van der Waals surface area contributed by atoms with E-state index >= 15 is 0 Å². The summed E-state index contributed by atoms with van der Waals surface area (Å²) >= 11 is 0. The average Bonchev–Trinajstić information content (AvgIpc) is 2.79. The first kappa shape index (κ1) is 10.5. The van der Waals surface area contributed by atoms with Gasteiger partial charge in [-0.15, -0.1) is 0 Å². The van der Waals surface area contributed by atoms with Gasteiger partial charge >= 0.3 is 0 Å². The Kier molecular flexibility index (Phi) is 2.28. The molecule has 3 heteroatoms. The highest BCUT2D eigenvalue weighted by molar-refractivity contribution is 5.95. The van der Waals surface area contributed by atoms with Crippen LogP contribution in [-0.2, 0) is 12.8 Å². The van der Waals surface area contributed by atoms with Crippen LogP contribution in [0.3, 0.4) is 0 Å². The second-order valence-electron chi connectivity index (χ2n) is 4.60. The number of hydrogen-bond acceptors (Lipinski definition) is 2. The third kappa shape index (κ3) is 1.42. The van der Waals surface area contributed by atoms with Gasteiger partial charge in [0.2, 0.25) is 0 Å². The Balaban J connectivity index is 2.49. The van der Waals surface area contributed by atoms with Crippen LogP contribution in [0, 0.1) is 12.7 Å². The number of aromatic nitrogens is 1. The molecule has 17 heavy (non-hydrogen) atoms. The molecule has 1 heterocycles. The number of rotatable bonds is 1. The van der Waals surface area contributed by atoms with Crippen molar-refractivity contribution in [2.24, 2.45) is 0 Å². The van der Waals surface area contributed by atoms with Gasteiger partial charge in [-0.2, -0.15) is 0 Å². The molecule has 0 bridgehead atoms. The normalized spacial score (nSPS) is 14.1. The summed E-state index contributed by atoms with van der Waals surface area (Å²) in [7, 11) is 1.86. The standard InChI is InChI=1S/C14H15FN2/c1-8-6-7-10(15)12-13(8)17-11-5-3-4-9(11)14(12)16-2/h6-7H,3-5H2,1-2H3,(H,16,17). The Morgan fingerprint density at radius 2 is 2.12 bits per heavy atom. The van der Waals surface area contributed by atoms with Crippen LogP contribution in [-0.4, -0.2) is 12.0 Å².